The Kier molecular flexibility index (Phi) is 6.44. The molecule has 1 amide bonds. The summed E-state index contributed by atoms with van der Waals surface area (Å²) in [6, 6.07) is 0.336. The average Bonchev–Trinajstić information content (AvgIpc) is 3.38. The van der Waals surface area contributed by atoms with Gasteiger partial charge in [-0.3, -0.25) is 4.79 Å². The van der Waals surface area contributed by atoms with E-state index in [1.165, 1.54) is 0 Å². The number of hydrogen-bond acceptors (Lipinski definition) is 8. The molecule has 2 aliphatic rings. The molecule has 2 aliphatic heterocycles. The minimum absolute atomic E-state index is 0.153. The van der Waals surface area contributed by atoms with Gasteiger partial charge in [0.05, 0.1) is 5.69 Å². The van der Waals surface area contributed by atoms with Crippen molar-refractivity contribution < 1.29 is 35.2 Å². The number of sulfone groups is 1. The molecule has 1 unspecified atom stereocenters. The molecule has 0 aliphatic carbocycles. The number of alkyl halides is 3. The van der Waals surface area contributed by atoms with Crippen LogP contribution in [0.15, 0.2) is 17.0 Å². The van der Waals surface area contributed by atoms with Gasteiger partial charge in [0.25, 0.3) is 0 Å². The van der Waals surface area contributed by atoms with Crippen molar-refractivity contribution in [2.24, 2.45) is 0 Å². The van der Waals surface area contributed by atoms with Crippen molar-refractivity contribution in [2.45, 2.75) is 42.4 Å². The number of rotatable bonds is 5. The van der Waals surface area contributed by atoms with Crippen LogP contribution >= 0.6 is 11.5 Å². The number of aromatic nitrogens is 2. The van der Waals surface area contributed by atoms with Gasteiger partial charge >= 0.3 is 6.18 Å². The fourth-order valence-electron chi connectivity index (χ4n) is 4.14. The summed E-state index contributed by atoms with van der Waals surface area (Å²) in [5.41, 5.74) is -0.309. The number of carbonyl (C=O) groups is 1. The molecular formula is C19H20F5N5O3S2. The number of hydrogen-bond donors (Lipinski definition) is 1. The largest absolute Gasteiger partial charge is 0.452 e. The van der Waals surface area contributed by atoms with E-state index < -0.39 is 44.4 Å². The molecule has 0 radical (unpaired) electrons. The number of amides is 1. The van der Waals surface area contributed by atoms with Gasteiger partial charge < -0.3 is 15.1 Å². The summed E-state index contributed by atoms with van der Waals surface area (Å²) >= 11 is 0.674. The van der Waals surface area contributed by atoms with E-state index in [0.29, 0.717) is 56.5 Å². The lowest BCUT2D eigenvalue weighted by Crippen LogP contribution is -2.47. The molecule has 1 N–H and O–H groups in total. The van der Waals surface area contributed by atoms with Crippen molar-refractivity contribution in [1.29, 1.82) is 0 Å². The highest BCUT2D eigenvalue weighted by atomic mass is 32.2. The van der Waals surface area contributed by atoms with E-state index in [0.717, 1.165) is 12.3 Å². The summed E-state index contributed by atoms with van der Waals surface area (Å²) in [6.45, 7) is 1.17. The van der Waals surface area contributed by atoms with Crippen LogP contribution < -0.4 is 10.2 Å². The smallest absolute Gasteiger partial charge is 0.371 e. The Morgan fingerprint density at radius 1 is 1.09 bits per heavy atom. The van der Waals surface area contributed by atoms with Crippen LogP contribution in [0, 0.1) is 11.6 Å². The van der Waals surface area contributed by atoms with Crippen LogP contribution in [0.3, 0.4) is 0 Å². The fourth-order valence-corrected chi connectivity index (χ4v) is 5.61. The van der Waals surface area contributed by atoms with E-state index in [-0.39, 0.29) is 22.8 Å². The maximum Gasteiger partial charge on any atom is 0.452 e. The summed E-state index contributed by atoms with van der Waals surface area (Å²) < 4.78 is 93.2. The molecule has 3 heterocycles. The molecule has 4 rings (SSSR count). The topological polar surface area (TPSA) is 95.5 Å². The van der Waals surface area contributed by atoms with Gasteiger partial charge in [0.2, 0.25) is 16.9 Å². The van der Waals surface area contributed by atoms with E-state index in [1.54, 1.807) is 9.80 Å². The maximum absolute atomic E-state index is 14.4. The molecule has 15 heteroatoms. The molecule has 2 saturated heterocycles. The van der Waals surface area contributed by atoms with Gasteiger partial charge in [0, 0.05) is 49.5 Å². The van der Waals surface area contributed by atoms with Crippen LogP contribution in [0.4, 0.5) is 32.8 Å². The van der Waals surface area contributed by atoms with E-state index in [4.69, 9.17) is 0 Å². The number of carbonyl (C=O) groups excluding carboxylic acids is 1. The quantitative estimate of drug-likeness (QED) is 0.600. The van der Waals surface area contributed by atoms with Crippen molar-refractivity contribution in [1.82, 2.24) is 14.3 Å². The van der Waals surface area contributed by atoms with Crippen LogP contribution in [0.1, 0.15) is 25.1 Å². The molecule has 1 atom stereocenters. The SMILES string of the molecule is CS(=O)(=O)c1cc(F)c(NC2CCN(C3CCN(c4nc(C(F)(F)F)ns4)CC3)C2=O)cc1F. The lowest BCUT2D eigenvalue weighted by molar-refractivity contribution is -0.144. The molecule has 0 bridgehead atoms. The third-order valence-corrected chi connectivity index (χ3v) is 7.72. The van der Waals surface area contributed by atoms with Gasteiger partial charge in [-0.15, -0.1) is 0 Å². The van der Waals surface area contributed by atoms with Gasteiger partial charge in [-0.05, 0) is 25.3 Å². The fraction of sp³-hybridized carbons (Fsp3) is 0.526. The third kappa shape index (κ3) is 4.94. The van der Waals surface area contributed by atoms with Crippen molar-refractivity contribution >= 4 is 38.1 Å². The third-order valence-electron chi connectivity index (χ3n) is 5.84. The molecule has 1 aromatic heterocycles. The second-order valence-electron chi connectivity index (χ2n) is 8.17. The number of halogens is 5. The first-order chi connectivity index (χ1) is 15.8. The number of benzene rings is 1. The Hall–Kier alpha value is -2.55. The zero-order chi connectivity index (χ0) is 24.8. The van der Waals surface area contributed by atoms with Crippen molar-refractivity contribution in [3.63, 3.8) is 0 Å². The predicted molar refractivity (Wildman–Crippen MR) is 113 cm³/mol. The number of nitrogens with one attached hydrogen (secondary N) is 1. The summed E-state index contributed by atoms with van der Waals surface area (Å²) in [6.07, 6.45) is -2.50. The van der Waals surface area contributed by atoms with Crippen molar-refractivity contribution in [3.8, 4) is 0 Å². The van der Waals surface area contributed by atoms with Crippen LogP contribution in [-0.2, 0) is 20.8 Å². The summed E-state index contributed by atoms with van der Waals surface area (Å²) in [5.74, 6) is -3.59. The molecule has 34 heavy (non-hydrogen) atoms. The minimum atomic E-state index is -4.61. The van der Waals surface area contributed by atoms with Crippen molar-refractivity contribution in [2.75, 3.05) is 36.1 Å². The number of likely N-dealkylation sites (tertiary alicyclic amines) is 1. The van der Waals surface area contributed by atoms with Crippen LogP contribution in [-0.4, -0.2) is 66.6 Å². The standard InChI is InChI=1S/C19H20F5N5O3S2/c1-34(31,32)15-9-11(20)14(8-12(15)21)25-13-4-7-29(16(13)30)10-2-5-28(6-3-10)18-26-17(27-33-18)19(22,23)24/h8-10,13,25H,2-7H2,1H3. The molecule has 0 spiro atoms. The Labute approximate surface area is 195 Å². The first-order valence-corrected chi connectivity index (χ1v) is 12.9. The van der Waals surface area contributed by atoms with Crippen LogP contribution in [0.25, 0.3) is 0 Å². The van der Waals surface area contributed by atoms with Gasteiger partial charge in [-0.25, -0.2) is 17.2 Å². The maximum atomic E-state index is 14.4. The van der Waals surface area contributed by atoms with Gasteiger partial charge in [0.15, 0.2) is 9.84 Å². The van der Waals surface area contributed by atoms with E-state index >= 15 is 0 Å². The normalized spacial score (nSPS) is 20.3. The number of anilines is 2. The Balaban J connectivity index is 1.37. The predicted octanol–water partition coefficient (Wildman–Crippen LogP) is 2.92. The second kappa shape index (κ2) is 8.91. The van der Waals surface area contributed by atoms with E-state index in [2.05, 4.69) is 14.7 Å². The summed E-state index contributed by atoms with van der Waals surface area (Å²) in [5, 5.41) is 2.84. The van der Waals surface area contributed by atoms with Gasteiger partial charge in [0.1, 0.15) is 22.6 Å². The van der Waals surface area contributed by atoms with Crippen LogP contribution in [0.5, 0.6) is 0 Å². The number of piperidine rings is 1. The van der Waals surface area contributed by atoms with Gasteiger partial charge in [-0.2, -0.15) is 22.5 Å². The van der Waals surface area contributed by atoms with Crippen molar-refractivity contribution in [3.05, 3.63) is 29.6 Å². The molecule has 186 valence electrons. The molecule has 2 aromatic rings. The highest BCUT2D eigenvalue weighted by Crippen LogP contribution is 2.33. The molecule has 0 saturated carbocycles. The zero-order valence-corrected chi connectivity index (χ0v) is 19.4. The average molecular weight is 526 g/mol. The van der Waals surface area contributed by atoms with Crippen LogP contribution in [0.2, 0.25) is 0 Å². The summed E-state index contributed by atoms with van der Waals surface area (Å²) in [4.78, 5) is 19.0. The first kappa shape index (κ1) is 24.6. The Morgan fingerprint density at radius 2 is 1.76 bits per heavy atom. The summed E-state index contributed by atoms with van der Waals surface area (Å²) in [7, 11) is -3.95. The Morgan fingerprint density at radius 3 is 2.35 bits per heavy atom. The first-order valence-electron chi connectivity index (χ1n) is 10.3. The Bertz CT molecular complexity index is 1200. The zero-order valence-electron chi connectivity index (χ0n) is 17.8. The van der Waals surface area contributed by atoms with E-state index in [1.807, 2.05) is 0 Å². The lowest BCUT2D eigenvalue weighted by Gasteiger charge is -2.36. The monoisotopic (exact) mass is 525 g/mol. The molecule has 8 nitrogen and oxygen atoms in total. The highest BCUT2D eigenvalue weighted by Gasteiger charge is 2.39. The highest BCUT2D eigenvalue weighted by molar-refractivity contribution is 7.90. The lowest BCUT2D eigenvalue weighted by atomic mass is 10.0. The molecule has 1 aromatic carbocycles. The van der Waals surface area contributed by atoms with Gasteiger partial charge in [-0.1, -0.05) is 0 Å². The molecule has 2 fully saturated rings. The van der Waals surface area contributed by atoms with E-state index in [9.17, 15) is 35.2 Å². The second-order valence-corrected chi connectivity index (χ2v) is 10.9. The minimum Gasteiger partial charge on any atom is -0.371 e. The molecular weight excluding hydrogens is 505 g/mol. The number of nitrogens with zero attached hydrogens (tertiary/aromatic N) is 4.